The summed E-state index contributed by atoms with van der Waals surface area (Å²) in [5.74, 6) is 0.0529. The number of benzene rings is 3. The number of hydrogen-bond acceptors (Lipinski definition) is 5. The van der Waals surface area contributed by atoms with Gasteiger partial charge in [0.15, 0.2) is 11.6 Å². The van der Waals surface area contributed by atoms with Gasteiger partial charge in [-0.15, -0.1) is 0 Å². The number of piperidine rings is 1. The number of fused-ring (bicyclic) bond motifs is 2. The van der Waals surface area contributed by atoms with Crippen molar-refractivity contribution in [3.05, 3.63) is 83.9 Å². The third-order valence-electron chi connectivity index (χ3n) is 6.87. The van der Waals surface area contributed by atoms with E-state index in [9.17, 15) is 14.0 Å². The van der Waals surface area contributed by atoms with E-state index in [1.807, 2.05) is 60.7 Å². The van der Waals surface area contributed by atoms with Gasteiger partial charge in [0.2, 0.25) is 0 Å². The van der Waals surface area contributed by atoms with E-state index in [1.165, 1.54) is 4.90 Å². The number of hydrogen-bond donors (Lipinski definition) is 0. The lowest BCUT2D eigenvalue weighted by Crippen LogP contribution is -2.48. The van der Waals surface area contributed by atoms with Crippen LogP contribution in [0.2, 0.25) is 0 Å². The number of likely N-dealkylation sites (tertiary alicyclic amines) is 1. The van der Waals surface area contributed by atoms with Crippen LogP contribution < -0.4 is 4.90 Å². The first kappa shape index (κ1) is 23.8. The molecule has 2 aliphatic heterocycles. The maximum Gasteiger partial charge on any atom is 0.180 e. The molecule has 0 bridgehead atoms. The highest BCUT2D eigenvalue weighted by atomic mass is 32.2. The summed E-state index contributed by atoms with van der Waals surface area (Å²) in [4.78, 5) is 32.0. The Balaban J connectivity index is 1.35. The number of alkyl halides is 1. The van der Waals surface area contributed by atoms with Crippen molar-refractivity contribution in [2.45, 2.75) is 48.2 Å². The van der Waals surface area contributed by atoms with Crippen molar-refractivity contribution in [1.29, 1.82) is 0 Å². The molecule has 0 saturated carbocycles. The molecule has 1 saturated heterocycles. The summed E-state index contributed by atoms with van der Waals surface area (Å²) in [6.45, 7) is 3.63. The second-order valence-corrected chi connectivity index (χ2v) is 10.3. The topological polar surface area (TPSA) is 40.6 Å². The minimum Gasteiger partial charge on any atom is -0.340 e. The molecular weight excluding hydrogens is 459 g/mol. The number of anilines is 2. The van der Waals surface area contributed by atoms with E-state index in [0.717, 1.165) is 29.2 Å². The van der Waals surface area contributed by atoms with Crippen molar-refractivity contribution in [2.24, 2.45) is 0 Å². The molecule has 1 fully saturated rings. The summed E-state index contributed by atoms with van der Waals surface area (Å²) < 4.78 is 14.3. The number of para-hydroxylation sites is 1. The molecule has 2 atom stereocenters. The van der Waals surface area contributed by atoms with Crippen LogP contribution in [0.25, 0.3) is 0 Å². The Morgan fingerprint density at radius 3 is 2.46 bits per heavy atom. The van der Waals surface area contributed by atoms with Crippen LogP contribution >= 0.6 is 11.8 Å². The average molecular weight is 489 g/mol. The molecule has 2 aliphatic rings. The predicted molar refractivity (Wildman–Crippen MR) is 139 cm³/mol. The van der Waals surface area contributed by atoms with Crippen LogP contribution in [0.15, 0.2) is 82.6 Å². The highest BCUT2D eigenvalue weighted by molar-refractivity contribution is 7.99. The summed E-state index contributed by atoms with van der Waals surface area (Å²) in [5, 5.41) is 0. The van der Waals surface area contributed by atoms with Gasteiger partial charge in [-0.05, 0) is 44.0 Å². The Kier molecular flexibility index (Phi) is 7.02. The van der Waals surface area contributed by atoms with Crippen molar-refractivity contribution in [1.82, 2.24) is 4.90 Å². The van der Waals surface area contributed by atoms with Crippen LogP contribution in [-0.4, -0.2) is 48.3 Å². The van der Waals surface area contributed by atoms with Crippen molar-refractivity contribution in [3.63, 3.8) is 0 Å². The lowest BCUT2D eigenvalue weighted by atomic mass is 9.93. The molecule has 0 N–H and O–H groups in total. The number of carbonyl (C=O) groups is 2. The van der Waals surface area contributed by atoms with Gasteiger partial charge in [-0.3, -0.25) is 14.5 Å². The van der Waals surface area contributed by atoms with Gasteiger partial charge < -0.3 is 4.90 Å². The first-order valence-electron chi connectivity index (χ1n) is 12.2. The molecule has 4 nitrogen and oxygen atoms in total. The highest BCUT2D eigenvalue weighted by Crippen LogP contribution is 2.48. The zero-order chi connectivity index (χ0) is 24.4. The third kappa shape index (κ3) is 5.04. The molecule has 3 aromatic rings. The van der Waals surface area contributed by atoms with Gasteiger partial charge in [0.05, 0.1) is 17.4 Å². The lowest BCUT2D eigenvalue weighted by molar-refractivity contribution is 0.0603. The fourth-order valence-corrected chi connectivity index (χ4v) is 6.10. The van der Waals surface area contributed by atoms with Crippen molar-refractivity contribution in [2.75, 3.05) is 24.5 Å². The van der Waals surface area contributed by atoms with E-state index in [2.05, 4.69) is 21.9 Å². The molecule has 35 heavy (non-hydrogen) atoms. The van der Waals surface area contributed by atoms with E-state index >= 15 is 0 Å². The smallest absolute Gasteiger partial charge is 0.180 e. The Bertz CT molecular complexity index is 1230. The summed E-state index contributed by atoms with van der Waals surface area (Å²) in [6, 6.07) is 23.0. The molecule has 0 spiro atoms. The molecular formula is C29H29FN2O2S. The molecule has 5 rings (SSSR count). The van der Waals surface area contributed by atoms with Gasteiger partial charge >= 0.3 is 0 Å². The van der Waals surface area contributed by atoms with Crippen molar-refractivity contribution in [3.8, 4) is 0 Å². The maximum absolute atomic E-state index is 14.3. The predicted octanol–water partition coefficient (Wildman–Crippen LogP) is 6.57. The second-order valence-electron chi connectivity index (χ2n) is 9.22. The number of carbonyl (C=O) groups excluding carboxylic acids is 2. The fraction of sp³-hybridized carbons (Fsp3) is 0.310. The minimum absolute atomic E-state index is 0.00381. The zero-order valence-corrected chi connectivity index (χ0v) is 20.6. The molecule has 0 aliphatic carbocycles. The first-order valence-corrected chi connectivity index (χ1v) is 13.0. The standard InChI is InChI=1S/C29H29FN2O2S/c1-20(33)22-12-13-28-25(18-22)32(24-10-5-6-11-27(24)35-28)16-7-15-31-17-14-23(30)19-26(31)29(34)21-8-3-2-4-9-21/h2-6,8-13,18,23,26H,7,14-17,19H2,1H3. The molecule has 3 aromatic carbocycles. The van der Waals surface area contributed by atoms with Crippen LogP contribution in [0.1, 0.15) is 46.9 Å². The number of Topliss-reactive ketones (excluding diaryl/α,β-unsaturated/α-hetero) is 2. The molecule has 180 valence electrons. The van der Waals surface area contributed by atoms with Crippen LogP contribution in [-0.2, 0) is 0 Å². The quantitative estimate of drug-likeness (QED) is 0.352. The van der Waals surface area contributed by atoms with Crippen molar-refractivity contribution >= 4 is 34.7 Å². The number of nitrogens with zero attached hydrogens (tertiary/aromatic N) is 2. The lowest BCUT2D eigenvalue weighted by Gasteiger charge is -2.37. The molecule has 2 unspecified atom stereocenters. The average Bonchev–Trinajstić information content (AvgIpc) is 2.88. The Morgan fingerprint density at radius 1 is 0.914 bits per heavy atom. The Hall–Kier alpha value is -2.96. The van der Waals surface area contributed by atoms with Gasteiger partial charge in [0, 0.05) is 47.0 Å². The van der Waals surface area contributed by atoms with E-state index in [-0.39, 0.29) is 18.0 Å². The summed E-state index contributed by atoms with van der Waals surface area (Å²) in [5.41, 5.74) is 3.52. The van der Waals surface area contributed by atoms with E-state index < -0.39 is 12.2 Å². The van der Waals surface area contributed by atoms with Crippen LogP contribution in [0.4, 0.5) is 15.8 Å². The summed E-state index contributed by atoms with van der Waals surface area (Å²) in [6.07, 6.45) is 0.596. The molecule has 0 aromatic heterocycles. The third-order valence-corrected chi connectivity index (χ3v) is 8.00. The number of ketones is 2. The minimum atomic E-state index is -0.938. The van der Waals surface area contributed by atoms with E-state index in [4.69, 9.17) is 0 Å². The molecule has 2 heterocycles. The fourth-order valence-electron chi connectivity index (χ4n) is 5.03. The molecule has 0 radical (unpaired) electrons. The summed E-state index contributed by atoms with van der Waals surface area (Å²) >= 11 is 1.72. The Morgan fingerprint density at radius 2 is 1.66 bits per heavy atom. The largest absolute Gasteiger partial charge is 0.340 e. The monoisotopic (exact) mass is 488 g/mol. The van der Waals surface area contributed by atoms with Gasteiger partial charge in [0.25, 0.3) is 0 Å². The maximum atomic E-state index is 14.3. The number of halogens is 1. The van der Waals surface area contributed by atoms with Crippen LogP contribution in [0.3, 0.4) is 0 Å². The molecule has 6 heteroatoms. The highest BCUT2D eigenvalue weighted by Gasteiger charge is 2.34. The first-order chi connectivity index (χ1) is 17.0. The van der Waals surface area contributed by atoms with Gasteiger partial charge in [-0.2, -0.15) is 0 Å². The Labute approximate surface area is 210 Å². The normalized spacial score (nSPS) is 19.7. The SMILES string of the molecule is CC(=O)c1ccc2c(c1)N(CCCN1CCC(F)CC1C(=O)c1ccccc1)c1ccccc1S2. The van der Waals surface area contributed by atoms with Gasteiger partial charge in [-0.1, -0.05) is 60.3 Å². The van der Waals surface area contributed by atoms with E-state index in [1.54, 1.807) is 18.7 Å². The van der Waals surface area contributed by atoms with Gasteiger partial charge in [-0.25, -0.2) is 4.39 Å². The van der Waals surface area contributed by atoms with Crippen LogP contribution in [0.5, 0.6) is 0 Å². The molecule has 0 amide bonds. The second kappa shape index (κ2) is 10.3. The van der Waals surface area contributed by atoms with Crippen molar-refractivity contribution < 1.29 is 14.0 Å². The van der Waals surface area contributed by atoms with E-state index in [0.29, 0.717) is 30.6 Å². The summed E-state index contributed by atoms with van der Waals surface area (Å²) in [7, 11) is 0. The number of rotatable bonds is 7. The van der Waals surface area contributed by atoms with Gasteiger partial charge in [0.1, 0.15) is 6.17 Å². The zero-order valence-electron chi connectivity index (χ0n) is 19.8. The van der Waals surface area contributed by atoms with Crippen LogP contribution in [0, 0.1) is 0 Å².